The number of hydrogen-bond acceptors (Lipinski definition) is 8. The summed E-state index contributed by atoms with van der Waals surface area (Å²) in [6.07, 6.45) is 6.77. The summed E-state index contributed by atoms with van der Waals surface area (Å²) < 4.78 is 13.0. The van der Waals surface area contributed by atoms with Crippen LogP contribution in [0.3, 0.4) is 0 Å². The Labute approximate surface area is 226 Å². The molecule has 10 nitrogen and oxygen atoms in total. The molecule has 10 heteroatoms. The minimum Gasteiger partial charge on any atom is -0.457 e. The molecule has 0 bridgehead atoms. The zero-order valence-electron chi connectivity index (χ0n) is 21.6. The van der Waals surface area contributed by atoms with Crippen LogP contribution in [-0.2, 0) is 9.53 Å². The quantitative estimate of drug-likeness (QED) is 0.335. The molecule has 0 aliphatic carbocycles. The number of hydrogen-bond donors (Lipinski definition) is 2. The topological polar surface area (TPSA) is 120 Å². The molecule has 2 aromatic carbocycles. The summed E-state index contributed by atoms with van der Waals surface area (Å²) in [7, 11) is 0. The molecule has 2 aliphatic heterocycles. The number of rotatable bonds is 8. The standard InChI is InChI=1S/C29H31N7O3/c30-28-26-27(20-10-12-24(13-11-20)39-23-7-2-1-3-8-23)34-36(29(26)33-19-32-28)22-6-5-15-35(16-22)25(37)9-4-14-31-21-17-38-18-21/h1-4,7-13,19,21-22,31H,5-6,14-18H2,(H2,30,32,33). The third-order valence-electron chi connectivity index (χ3n) is 7.10. The van der Waals surface area contributed by atoms with Gasteiger partial charge < -0.3 is 25.4 Å². The number of piperidine rings is 1. The fourth-order valence-electron chi connectivity index (χ4n) is 4.97. The molecule has 0 radical (unpaired) electrons. The van der Waals surface area contributed by atoms with Crippen LogP contribution in [0.25, 0.3) is 22.3 Å². The van der Waals surface area contributed by atoms with Crippen molar-refractivity contribution in [2.75, 3.05) is 38.6 Å². The number of likely N-dealkylation sites (tertiary alicyclic amines) is 1. The number of aromatic nitrogens is 4. The highest BCUT2D eigenvalue weighted by Gasteiger charge is 2.28. The lowest BCUT2D eigenvalue weighted by atomic mass is 10.1. The van der Waals surface area contributed by atoms with E-state index in [9.17, 15) is 4.79 Å². The summed E-state index contributed by atoms with van der Waals surface area (Å²) in [6, 6.07) is 17.8. The maximum absolute atomic E-state index is 12.9. The van der Waals surface area contributed by atoms with E-state index in [1.807, 2.05) is 70.3 Å². The predicted molar refractivity (Wildman–Crippen MR) is 148 cm³/mol. The van der Waals surface area contributed by atoms with Gasteiger partial charge in [0, 0.05) is 31.3 Å². The highest BCUT2D eigenvalue weighted by Crippen LogP contribution is 2.34. The van der Waals surface area contributed by atoms with Crippen LogP contribution in [0.4, 0.5) is 5.82 Å². The molecule has 2 fully saturated rings. The van der Waals surface area contributed by atoms with E-state index < -0.39 is 0 Å². The number of anilines is 1. The van der Waals surface area contributed by atoms with Gasteiger partial charge in [-0.25, -0.2) is 14.6 Å². The third-order valence-corrected chi connectivity index (χ3v) is 7.10. The molecule has 6 rings (SSSR count). The van der Waals surface area contributed by atoms with E-state index in [0.29, 0.717) is 41.7 Å². The van der Waals surface area contributed by atoms with Crippen LogP contribution in [-0.4, -0.2) is 69.4 Å². The molecule has 4 heterocycles. The summed E-state index contributed by atoms with van der Waals surface area (Å²) in [5.41, 5.74) is 8.60. The number of carbonyl (C=O) groups is 1. The smallest absolute Gasteiger partial charge is 0.246 e. The van der Waals surface area contributed by atoms with Crippen LogP contribution in [0.5, 0.6) is 11.5 Å². The lowest BCUT2D eigenvalue weighted by Gasteiger charge is -2.32. The maximum Gasteiger partial charge on any atom is 0.246 e. The van der Waals surface area contributed by atoms with E-state index in [-0.39, 0.29) is 11.9 Å². The van der Waals surface area contributed by atoms with E-state index in [2.05, 4.69) is 15.3 Å². The van der Waals surface area contributed by atoms with Gasteiger partial charge in [-0.15, -0.1) is 0 Å². The highest BCUT2D eigenvalue weighted by molar-refractivity contribution is 5.98. The molecule has 0 spiro atoms. The van der Waals surface area contributed by atoms with Crippen molar-refractivity contribution in [2.45, 2.75) is 24.9 Å². The molecule has 1 atom stereocenters. The third kappa shape index (κ3) is 5.47. The molecular weight excluding hydrogens is 494 g/mol. The fourth-order valence-corrected chi connectivity index (χ4v) is 4.97. The predicted octanol–water partition coefficient (Wildman–Crippen LogP) is 3.58. The van der Waals surface area contributed by atoms with Crippen molar-refractivity contribution in [3.63, 3.8) is 0 Å². The second-order valence-corrected chi connectivity index (χ2v) is 9.82. The van der Waals surface area contributed by atoms with Gasteiger partial charge in [0.1, 0.15) is 29.3 Å². The van der Waals surface area contributed by atoms with Crippen molar-refractivity contribution in [1.82, 2.24) is 30.0 Å². The Kier molecular flexibility index (Phi) is 7.20. The minimum atomic E-state index is -0.0208. The number of nitrogens with one attached hydrogen (secondary N) is 1. The Hall–Kier alpha value is -4.28. The zero-order valence-corrected chi connectivity index (χ0v) is 21.6. The highest BCUT2D eigenvalue weighted by atomic mass is 16.5. The van der Waals surface area contributed by atoms with Crippen molar-refractivity contribution in [3.8, 4) is 22.8 Å². The normalized spacial score (nSPS) is 17.9. The average molecular weight is 526 g/mol. The van der Waals surface area contributed by atoms with Gasteiger partial charge >= 0.3 is 0 Å². The molecule has 2 saturated heterocycles. The summed E-state index contributed by atoms with van der Waals surface area (Å²) in [5.74, 6) is 1.88. The number of nitrogens with two attached hydrogens (primary N) is 1. The van der Waals surface area contributed by atoms with Crippen LogP contribution in [0, 0.1) is 0 Å². The molecule has 4 aromatic rings. The van der Waals surface area contributed by atoms with Gasteiger partial charge in [0.05, 0.1) is 30.7 Å². The number of ether oxygens (including phenoxy) is 2. The van der Waals surface area contributed by atoms with E-state index in [0.717, 1.165) is 49.7 Å². The van der Waals surface area contributed by atoms with Gasteiger partial charge in [-0.2, -0.15) is 5.10 Å². The summed E-state index contributed by atoms with van der Waals surface area (Å²) in [4.78, 5) is 23.6. The van der Waals surface area contributed by atoms with Crippen molar-refractivity contribution < 1.29 is 14.3 Å². The van der Waals surface area contributed by atoms with Gasteiger partial charge in [-0.1, -0.05) is 24.3 Å². The summed E-state index contributed by atoms with van der Waals surface area (Å²) in [6.45, 7) is 3.38. The van der Waals surface area contributed by atoms with E-state index >= 15 is 0 Å². The van der Waals surface area contributed by atoms with Gasteiger partial charge in [0.15, 0.2) is 5.65 Å². The van der Waals surface area contributed by atoms with E-state index in [1.165, 1.54) is 6.33 Å². The summed E-state index contributed by atoms with van der Waals surface area (Å²) >= 11 is 0. The van der Waals surface area contributed by atoms with Crippen molar-refractivity contribution in [3.05, 3.63) is 73.1 Å². The lowest BCUT2D eigenvalue weighted by Crippen LogP contribution is -2.46. The molecule has 200 valence electrons. The van der Waals surface area contributed by atoms with Crippen molar-refractivity contribution >= 4 is 22.8 Å². The molecule has 3 N–H and O–H groups in total. The van der Waals surface area contributed by atoms with E-state index in [4.69, 9.17) is 20.3 Å². The zero-order chi connectivity index (χ0) is 26.6. The van der Waals surface area contributed by atoms with Gasteiger partial charge in [0.2, 0.25) is 5.91 Å². The number of para-hydroxylation sites is 1. The minimum absolute atomic E-state index is 0.00573. The largest absolute Gasteiger partial charge is 0.457 e. The van der Waals surface area contributed by atoms with Crippen LogP contribution in [0.1, 0.15) is 18.9 Å². The first-order valence-corrected chi connectivity index (χ1v) is 13.2. The number of nitrogens with zero attached hydrogens (tertiary/aromatic N) is 5. The van der Waals surface area contributed by atoms with Gasteiger partial charge in [-0.3, -0.25) is 4.79 Å². The van der Waals surface area contributed by atoms with Crippen LogP contribution in [0.15, 0.2) is 73.1 Å². The maximum atomic E-state index is 12.9. The average Bonchev–Trinajstić information content (AvgIpc) is 3.34. The lowest BCUT2D eigenvalue weighted by molar-refractivity contribution is -0.127. The molecule has 2 aromatic heterocycles. The number of nitrogen functional groups attached to an aromatic ring is 1. The van der Waals surface area contributed by atoms with Crippen molar-refractivity contribution in [1.29, 1.82) is 0 Å². The Bertz CT molecular complexity index is 1470. The SMILES string of the molecule is Nc1ncnc2c1c(-c1ccc(Oc3ccccc3)cc1)nn2C1CCCN(C(=O)C=CCNC2COC2)C1. The number of benzene rings is 2. The van der Waals surface area contributed by atoms with E-state index in [1.54, 1.807) is 6.08 Å². The molecule has 0 saturated carbocycles. The van der Waals surface area contributed by atoms with Gasteiger partial charge in [0.25, 0.3) is 0 Å². The second kappa shape index (κ2) is 11.2. The van der Waals surface area contributed by atoms with Gasteiger partial charge in [-0.05, 0) is 49.2 Å². The first kappa shape index (κ1) is 25.0. The first-order chi connectivity index (χ1) is 19.2. The van der Waals surface area contributed by atoms with Crippen LogP contribution >= 0.6 is 0 Å². The fraction of sp³-hybridized carbons (Fsp3) is 0.310. The molecule has 1 unspecified atom stereocenters. The monoisotopic (exact) mass is 525 g/mol. The number of fused-ring (bicyclic) bond motifs is 1. The molecular formula is C29H31N7O3. The Balaban J connectivity index is 1.21. The molecule has 39 heavy (non-hydrogen) atoms. The Morgan fingerprint density at radius 3 is 2.67 bits per heavy atom. The van der Waals surface area contributed by atoms with Crippen molar-refractivity contribution in [2.24, 2.45) is 0 Å². The number of carbonyl (C=O) groups excluding carboxylic acids is 1. The number of amides is 1. The first-order valence-electron chi connectivity index (χ1n) is 13.2. The Morgan fingerprint density at radius 2 is 1.90 bits per heavy atom. The molecule has 2 aliphatic rings. The van der Waals surface area contributed by atoms with Crippen LogP contribution < -0.4 is 15.8 Å². The molecule has 1 amide bonds. The van der Waals surface area contributed by atoms with Crippen LogP contribution in [0.2, 0.25) is 0 Å². The summed E-state index contributed by atoms with van der Waals surface area (Å²) in [5, 5.41) is 9.03. The second-order valence-electron chi connectivity index (χ2n) is 9.82. The Morgan fingerprint density at radius 1 is 1.10 bits per heavy atom.